The first kappa shape index (κ1) is 14.1. The van der Waals surface area contributed by atoms with E-state index < -0.39 is 0 Å². The summed E-state index contributed by atoms with van der Waals surface area (Å²) in [7, 11) is 0. The Bertz CT molecular complexity index is 454. The molecule has 110 valence electrons. The van der Waals surface area contributed by atoms with Gasteiger partial charge in [0.05, 0.1) is 0 Å². The maximum atomic E-state index is 6.15. The van der Waals surface area contributed by atoms with Crippen molar-refractivity contribution in [2.24, 2.45) is 11.7 Å². The largest absolute Gasteiger partial charge is 0.328 e. The molecular formula is C18H28N2. The van der Waals surface area contributed by atoms with Crippen molar-refractivity contribution >= 4 is 0 Å². The quantitative estimate of drug-likeness (QED) is 0.890. The van der Waals surface area contributed by atoms with Gasteiger partial charge in [-0.05, 0) is 62.1 Å². The lowest BCUT2D eigenvalue weighted by molar-refractivity contribution is 0.101. The van der Waals surface area contributed by atoms with Crippen LogP contribution in [-0.2, 0) is 0 Å². The average Bonchev–Trinajstić information content (AvgIpc) is 2.48. The van der Waals surface area contributed by atoms with Crippen LogP contribution in [0.3, 0.4) is 0 Å². The summed E-state index contributed by atoms with van der Waals surface area (Å²) in [5.41, 5.74) is 9.30. The zero-order valence-electron chi connectivity index (χ0n) is 12.9. The number of nitrogens with two attached hydrogens (primary N) is 1. The number of hydrogen-bond donors (Lipinski definition) is 1. The molecule has 1 aliphatic heterocycles. The van der Waals surface area contributed by atoms with Gasteiger partial charge in [-0.3, -0.25) is 4.90 Å². The normalized spacial score (nSPS) is 32.6. The average molecular weight is 272 g/mol. The Kier molecular flexibility index (Phi) is 4.13. The predicted molar refractivity (Wildman–Crippen MR) is 84.8 cm³/mol. The molecule has 2 nitrogen and oxygen atoms in total. The number of likely N-dealkylation sites (tertiary alicyclic amines) is 1. The first-order valence-corrected chi connectivity index (χ1v) is 8.25. The number of nitrogens with zero attached hydrogens (tertiary/aromatic N) is 1. The highest BCUT2D eigenvalue weighted by atomic mass is 15.2. The van der Waals surface area contributed by atoms with E-state index in [0.29, 0.717) is 18.0 Å². The lowest BCUT2D eigenvalue weighted by atomic mass is 9.79. The molecule has 1 saturated heterocycles. The standard InChI is InChI=1S/C18H28N2/c1-13-9-10-18(17-8-4-3-7-16(13)17)20-11-5-6-15(12-20)14(2)19/h3-4,7-8,13-15,18H,5-6,9-12,19H2,1-2H3. The number of piperidine rings is 1. The van der Waals surface area contributed by atoms with E-state index in [4.69, 9.17) is 5.73 Å². The maximum absolute atomic E-state index is 6.15. The molecule has 0 saturated carbocycles. The third kappa shape index (κ3) is 2.64. The van der Waals surface area contributed by atoms with Crippen LogP contribution < -0.4 is 5.73 Å². The number of fused-ring (bicyclic) bond motifs is 1. The van der Waals surface area contributed by atoms with Crippen molar-refractivity contribution in [3.8, 4) is 0 Å². The fraction of sp³-hybridized carbons (Fsp3) is 0.667. The molecule has 2 N–H and O–H groups in total. The number of rotatable bonds is 2. The van der Waals surface area contributed by atoms with Gasteiger partial charge in [0.2, 0.25) is 0 Å². The van der Waals surface area contributed by atoms with Gasteiger partial charge in [-0.25, -0.2) is 0 Å². The van der Waals surface area contributed by atoms with E-state index in [2.05, 4.69) is 43.0 Å². The fourth-order valence-corrected chi connectivity index (χ4v) is 4.11. The van der Waals surface area contributed by atoms with Crippen molar-refractivity contribution < 1.29 is 0 Å². The van der Waals surface area contributed by atoms with Gasteiger partial charge in [-0.2, -0.15) is 0 Å². The maximum Gasteiger partial charge on any atom is 0.0351 e. The van der Waals surface area contributed by atoms with E-state index in [0.717, 1.165) is 5.92 Å². The molecule has 0 spiro atoms. The van der Waals surface area contributed by atoms with E-state index in [9.17, 15) is 0 Å². The Labute approximate surface area is 123 Å². The van der Waals surface area contributed by atoms with Crippen molar-refractivity contribution in [3.63, 3.8) is 0 Å². The Morgan fingerprint density at radius 1 is 1.15 bits per heavy atom. The van der Waals surface area contributed by atoms with E-state index in [-0.39, 0.29) is 0 Å². The monoisotopic (exact) mass is 272 g/mol. The molecule has 20 heavy (non-hydrogen) atoms. The van der Waals surface area contributed by atoms with Gasteiger partial charge in [-0.15, -0.1) is 0 Å². The number of benzene rings is 1. The van der Waals surface area contributed by atoms with Crippen molar-refractivity contribution in [3.05, 3.63) is 35.4 Å². The fourth-order valence-electron chi connectivity index (χ4n) is 4.11. The Balaban J connectivity index is 1.82. The van der Waals surface area contributed by atoms with E-state index in [1.54, 1.807) is 11.1 Å². The first-order chi connectivity index (χ1) is 9.66. The number of hydrogen-bond acceptors (Lipinski definition) is 2. The molecule has 0 aromatic heterocycles. The van der Waals surface area contributed by atoms with E-state index >= 15 is 0 Å². The van der Waals surface area contributed by atoms with Crippen LogP contribution in [0, 0.1) is 5.92 Å². The summed E-state index contributed by atoms with van der Waals surface area (Å²) in [6.45, 7) is 6.97. The smallest absolute Gasteiger partial charge is 0.0351 e. The van der Waals surface area contributed by atoms with Gasteiger partial charge in [0, 0.05) is 18.6 Å². The van der Waals surface area contributed by atoms with Gasteiger partial charge in [0.25, 0.3) is 0 Å². The second-order valence-corrected chi connectivity index (χ2v) is 6.88. The lowest BCUT2D eigenvalue weighted by Gasteiger charge is -2.43. The summed E-state index contributed by atoms with van der Waals surface area (Å²) in [6.07, 6.45) is 5.24. The van der Waals surface area contributed by atoms with Crippen molar-refractivity contribution in [2.45, 2.75) is 57.5 Å². The molecule has 2 heteroatoms. The summed E-state index contributed by atoms with van der Waals surface area (Å²) in [4.78, 5) is 2.71. The summed E-state index contributed by atoms with van der Waals surface area (Å²) in [5.74, 6) is 1.40. The lowest BCUT2D eigenvalue weighted by Crippen LogP contribution is -2.44. The van der Waals surface area contributed by atoms with Crippen molar-refractivity contribution in [1.82, 2.24) is 4.90 Å². The molecule has 1 aromatic carbocycles. The third-order valence-electron chi connectivity index (χ3n) is 5.43. The Hall–Kier alpha value is -0.860. The molecule has 1 aromatic rings. The third-order valence-corrected chi connectivity index (χ3v) is 5.43. The van der Waals surface area contributed by atoms with Crippen molar-refractivity contribution in [2.75, 3.05) is 13.1 Å². The second-order valence-electron chi connectivity index (χ2n) is 6.88. The molecule has 0 bridgehead atoms. The van der Waals surface area contributed by atoms with E-state index in [1.165, 1.54) is 38.8 Å². The van der Waals surface area contributed by atoms with Gasteiger partial charge in [0.1, 0.15) is 0 Å². The molecule has 0 amide bonds. The highest BCUT2D eigenvalue weighted by Crippen LogP contribution is 2.41. The topological polar surface area (TPSA) is 29.3 Å². The molecule has 4 atom stereocenters. The summed E-state index contributed by atoms with van der Waals surface area (Å²) in [5, 5.41) is 0. The zero-order valence-corrected chi connectivity index (χ0v) is 12.9. The highest BCUT2D eigenvalue weighted by molar-refractivity contribution is 5.35. The molecule has 3 rings (SSSR count). The van der Waals surface area contributed by atoms with Gasteiger partial charge in [0.15, 0.2) is 0 Å². The zero-order chi connectivity index (χ0) is 14.1. The minimum absolute atomic E-state index is 0.329. The molecule has 4 unspecified atom stereocenters. The van der Waals surface area contributed by atoms with Crippen LogP contribution in [0.25, 0.3) is 0 Å². The van der Waals surface area contributed by atoms with Crippen LogP contribution in [0.2, 0.25) is 0 Å². The summed E-state index contributed by atoms with van der Waals surface area (Å²) in [6, 6.07) is 10.0. The molecule has 1 heterocycles. The van der Waals surface area contributed by atoms with Gasteiger partial charge < -0.3 is 5.73 Å². The predicted octanol–water partition coefficient (Wildman–Crippen LogP) is 3.68. The van der Waals surface area contributed by atoms with E-state index in [1.807, 2.05) is 0 Å². The van der Waals surface area contributed by atoms with Crippen LogP contribution in [0.4, 0.5) is 0 Å². The molecular weight excluding hydrogens is 244 g/mol. The Morgan fingerprint density at radius 3 is 2.65 bits per heavy atom. The Morgan fingerprint density at radius 2 is 1.90 bits per heavy atom. The molecule has 1 aliphatic carbocycles. The minimum atomic E-state index is 0.329. The summed E-state index contributed by atoms with van der Waals surface area (Å²) >= 11 is 0. The molecule has 1 fully saturated rings. The van der Waals surface area contributed by atoms with Gasteiger partial charge in [-0.1, -0.05) is 31.2 Å². The summed E-state index contributed by atoms with van der Waals surface area (Å²) < 4.78 is 0. The van der Waals surface area contributed by atoms with Crippen LogP contribution >= 0.6 is 0 Å². The van der Waals surface area contributed by atoms with Crippen LogP contribution in [0.5, 0.6) is 0 Å². The highest BCUT2D eigenvalue weighted by Gasteiger charge is 2.32. The van der Waals surface area contributed by atoms with Crippen LogP contribution in [0.1, 0.15) is 62.6 Å². The minimum Gasteiger partial charge on any atom is -0.328 e. The molecule has 0 radical (unpaired) electrons. The SMILES string of the molecule is CC1CCC(N2CCCC(C(C)N)C2)c2ccccc21. The second kappa shape index (κ2) is 5.87. The van der Waals surface area contributed by atoms with Crippen LogP contribution in [-0.4, -0.2) is 24.0 Å². The van der Waals surface area contributed by atoms with Crippen molar-refractivity contribution in [1.29, 1.82) is 0 Å². The van der Waals surface area contributed by atoms with Crippen LogP contribution in [0.15, 0.2) is 24.3 Å². The van der Waals surface area contributed by atoms with Gasteiger partial charge >= 0.3 is 0 Å². The molecule has 2 aliphatic rings. The first-order valence-electron chi connectivity index (χ1n) is 8.25.